The smallest absolute Gasteiger partial charge is 0.349 e. The summed E-state index contributed by atoms with van der Waals surface area (Å²) >= 11 is 1.32. The molecule has 2 heterocycles. The van der Waals surface area contributed by atoms with Crippen LogP contribution in [-0.2, 0) is 33.7 Å². The van der Waals surface area contributed by atoms with Gasteiger partial charge in [0.15, 0.2) is 6.61 Å². The summed E-state index contributed by atoms with van der Waals surface area (Å²) in [5, 5.41) is 12.4. The van der Waals surface area contributed by atoms with Crippen molar-refractivity contribution in [2.24, 2.45) is 5.73 Å². The Labute approximate surface area is 190 Å². The molecule has 8 nitrogen and oxygen atoms in total. The summed E-state index contributed by atoms with van der Waals surface area (Å²) in [4.78, 5) is 37.6. The highest BCUT2D eigenvalue weighted by atomic mass is 32.1. The Morgan fingerprint density at radius 1 is 1.34 bits per heavy atom. The fourth-order valence-electron chi connectivity index (χ4n) is 3.96. The molecule has 0 bridgehead atoms. The average molecular weight is 455 g/mol. The molecule has 3 rings (SSSR count). The minimum absolute atomic E-state index is 0.192. The lowest BCUT2D eigenvalue weighted by molar-refractivity contribution is -0.142. The maximum absolute atomic E-state index is 12.4. The first-order chi connectivity index (χ1) is 15.3. The summed E-state index contributed by atoms with van der Waals surface area (Å²) in [7, 11) is 0. The van der Waals surface area contributed by atoms with E-state index in [9.17, 15) is 19.6 Å². The van der Waals surface area contributed by atoms with E-state index in [1.165, 1.54) is 17.4 Å². The number of hydrogen-bond acceptors (Lipinski definition) is 6. The van der Waals surface area contributed by atoms with E-state index in [0.29, 0.717) is 10.6 Å². The van der Waals surface area contributed by atoms with Gasteiger partial charge in [0.05, 0.1) is 5.56 Å². The molecule has 0 fully saturated rings. The monoisotopic (exact) mass is 454 g/mol. The van der Waals surface area contributed by atoms with Crippen molar-refractivity contribution >= 4 is 40.2 Å². The lowest BCUT2D eigenvalue weighted by Crippen LogP contribution is -2.23. The van der Waals surface area contributed by atoms with Gasteiger partial charge in [0.25, 0.3) is 11.8 Å². The van der Waals surface area contributed by atoms with Crippen molar-refractivity contribution in [3.8, 4) is 6.07 Å². The molecule has 0 atom stereocenters. The molecule has 2 amide bonds. The number of amides is 2. The SMILES string of the molecule is CCCn1c(C)cc(/C=C(\C#N)C(=O)OCC(=O)Nc2sc3c(c2C(N)=O)CCC3)c1C. The second-order valence-electron chi connectivity index (χ2n) is 7.70. The van der Waals surface area contributed by atoms with E-state index in [-0.39, 0.29) is 5.57 Å². The van der Waals surface area contributed by atoms with Crippen LogP contribution in [0.5, 0.6) is 0 Å². The highest BCUT2D eigenvalue weighted by Crippen LogP contribution is 2.38. The lowest BCUT2D eigenvalue weighted by atomic mass is 10.1. The average Bonchev–Trinajstić information content (AvgIpc) is 3.39. The third-order valence-corrected chi connectivity index (χ3v) is 6.66. The zero-order valence-electron chi connectivity index (χ0n) is 18.4. The highest BCUT2D eigenvalue weighted by Gasteiger charge is 2.26. The molecule has 2 aromatic rings. The van der Waals surface area contributed by atoms with Crippen molar-refractivity contribution in [1.82, 2.24) is 4.57 Å². The molecule has 0 radical (unpaired) electrons. The van der Waals surface area contributed by atoms with E-state index in [1.54, 1.807) is 0 Å². The molecular weight excluding hydrogens is 428 g/mol. The fraction of sp³-hybridized carbons (Fsp3) is 0.391. The standard InChI is InChI=1S/C23H26N4O4S/c1-4-8-27-13(2)9-15(14(27)3)10-16(11-24)23(30)31-12-19(28)26-22-20(21(25)29)17-6-5-7-18(17)32-22/h9-10H,4-8,12H2,1-3H3,(H2,25,29)(H,26,28)/b16-10+. The van der Waals surface area contributed by atoms with Crippen molar-refractivity contribution in [2.75, 3.05) is 11.9 Å². The van der Waals surface area contributed by atoms with Crippen LogP contribution in [0.2, 0.25) is 0 Å². The van der Waals surface area contributed by atoms with Gasteiger partial charge >= 0.3 is 5.97 Å². The summed E-state index contributed by atoms with van der Waals surface area (Å²) < 4.78 is 7.16. The molecule has 2 aromatic heterocycles. The first kappa shape index (κ1) is 23.3. The molecule has 0 spiro atoms. The predicted octanol–water partition coefficient (Wildman–Crippen LogP) is 3.25. The first-order valence-electron chi connectivity index (χ1n) is 10.5. The molecule has 3 N–H and O–H groups in total. The zero-order valence-corrected chi connectivity index (χ0v) is 19.2. The number of anilines is 1. The van der Waals surface area contributed by atoms with E-state index in [4.69, 9.17) is 10.5 Å². The topological polar surface area (TPSA) is 127 Å². The number of nitrogens with zero attached hydrogens (tertiary/aromatic N) is 2. The number of carbonyl (C=O) groups is 3. The summed E-state index contributed by atoms with van der Waals surface area (Å²) in [6, 6.07) is 3.75. The molecule has 0 saturated carbocycles. The Hall–Kier alpha value is -3.38. The van der Waals surface area contributed by atoms with Crippen LogP contribution in [0.4, 0.5) is 5.00 Å². The number of aryl methyl sites for hydroxylation is 2. The Morgan fingerprint density at radius 2 is 2.09 bits per heavy atom. The second-order valence-corrected chi connectivity index (χ2v) is 8.80. The van der Waals surface area contributed by atoms with Gasteiger partial charge in [-0.1, -0.05) is 6.92 Å². The lowest BCUT2D eigenvalue weighted by Gasteiger charge is -2.08. The van der Waals surface area contributed by atoms with Crippen LogP contribution in [0.3, 0.4) is 0 Å². The third-order valence-electron chi connectivity index (χ3n) is 5.46. The Bertz CT molecular complexity index is 1150. The molecule has 0 unspecified atom stereocenters. The largest absolute Gasteiger partial charge is 0.451 e. The number of rotatable bonds is 8. The number of aromatic nitrogens is 1. The quantitative estimate of drug-likeness (QED) is 0.360. The van der Waals surface area contributed by atoms with Crippen LogP contribution >= 0.6 is 11.3 Å². The molecule has 1 aliphatic rings. The second kappa shape index (κ2) is 9.83. The maximum atomic E-state index is 12.4. The summed E-state index contributed by atoms with van der Waals surface area (Å²) in [6.07, 6.45) is 5.00. The minimum atomic E-state index is -0.883. The molecule has 32 heavy (non-hydrogen) atoms. The van der Waals surface area contributed by atoms with Gasteiger partial charge in [-0.3, -0.25) is 9.59 Å². The van der Waals surface area contributed by atoms with Crippen LogP contribution in [0.25, 0.3) is 6.08 Å². The number of carbonyl (C=O) groups excluding carboxylic acids is 3. The molecule has 0 saturated heterocycles. The number of primary amides is 1. The van der Waals surface area contributed by atoms with Crippen molar-refractivity contribution in [1.29, 1.82) is 5.26 Å². The van der Waals surface area contributed by atoms with Gasteiger partial charge in [0, 0.05) is 22.8 Å². The molecule has 1 aliphatic carbocycles. The normalized spacial score (nSPS) is 12.9. The molecular formula is C23H26N4O4S. The minimum Gasteiger partial charge on any atom is -0.451 e. The van der Waals surface area contributed by atoms with Crippen molar-refractivity contribution in [3.63, 3.8) is 0 Å². The van der Waals surface area contributed by atoms with Crippen LogP contribution in [0.1, 0.15) is 57.5 Å². The number of nitrogens with one attached hydrogen (secondary N) is 1. The van der Waals surface area contributed by atoms with Gasteiger partial charge in [-0.25, -0.2) is 4.79 Å². The van der Waals surface area contributed by atoms with E-state index >= 15 is 0 Å². The first-order valence-corrected chi connectivity index (χ1v) is 11.3. The van der Waals surface area contributed by atoms with Gasteiger partial charge in [0.1, 0.15) is 16.6 Å². The number of thiophene rings is 1. The number of fused-ring (bicyclic) bond motifs is 1. The fourth-order valence-corrected chi connectivity index (χ4v) is 5.27. The number of esters is 1. The molecule has 168 valence electrons. The van der Waals surface area contributed by atoms with Crippen molar-refractivity contribution in [3.05, 3.63) is 44.6 Å². The molecule has 0 aliphatic heterocycles. The van der Waals surface area contributed by atoms with Gasteiger partial charge in [-0.05, 0) is 62.8 Å². The van der Waals surface area contributed by atoms with E-state index in [1.807, 2.05) is 26.0 Å². The number of hydrogen-bond donors (Lipinski definition) is 2. The van der Waals surface area contributed by atoms with E-state index in [0.717, 1.165) is 59.6 Å². The molecule has 0 aromatic carbocycles. The summed E-state index contributed by atoms with van der Waals surface area (Å²) in [5.74, 6) is -2.07. The van der Waals surface area contributed by atoms with Crippen LogP contribution in [0, 0.1) is 25.2 Å². The van der Waals surface area contributed by atoms with Gasteiger partial charge in [-0.2, -0.15) is 5.26 Å². The Balaban J connectivity index is 1.67. The number of ether oxygens (including phenoxy) is 1. The van der Waals surface area contributed by atoms with E-state index < -0.39 is 24.4 Å². The van der Waals surface area contributed by atoms with Gasteiger partial charge in [-0.15, -0.1) is 11.3 Å². The van der Waals surface area contributed by atoms with Crippen LogP contribution < -0.4 is 11.1 Å². The van der Waals surface area contributed by atoms with Crippen molar-refractivity contribution in [2.45, 2.75) is 53.0 Å². The third kappa shape index (κ3) is 4.75. The number of nitrogens with two attached hydrogens (primary N) is 1. The van der Waals surface area contributed by atoms with Gasteiger partial charge < -0.3 is 20.4 Å². The summed E-state index contributed by atoms with van der Waals surface area (Å²) in [6.45, 7) is 6.24. The predicted molar refractivity (Wildman–Crippen MR) is 122 cm³/mol. The van der Waals surface area contributed by atoms with Crippen molar-refractivity contribution < 1.29 is 19.1 Å². The van der Waals surface area contributed by atoms with Crippen LogP contribution in [-0.4, -0.2) is 29.0 Å². The van der Waals surface area contributed by atoms with E-state index in [2.05, 4.69) is 16.8 Å². The molecule has 9 heteroatoms. The Morgan fingerprint density at radius 3 is 2.75 bits per heavy atom. The highest BCUT2D eigenvalue weighted by molar-refractivity contribution is 7.17. The zero-order chi connectivity index (χ0) is 23.4. The number of nitriles is 1. The summed E-state index contributed by atoms with van der Waals surface area (Å²) in [5.41, 5.74) is 9.27. The van der Waals surface area contributed by atoms with Gasteiger partial charge in [0.2, 0.25) is 0 Å². The Kier molecular flexibility index (Phi) is 7.15. The van der Waals surface area contributed by atoms with Crippen LogP contribution in [0.15, 0.2) is 11.6 Å². The maximum Gasteiger partial charge on any atom is 0.349 e.